The van der Waals surface area contributed by atoms with Gasteiger partial charge in [-0.3, -0.25) is 0 Å². The van der Waals surface area contributed by atoms with E-state index in [1.54, 1.807) is 0 Å². The third-order valence-electron chi connectivity index (χ3n) is 1.89. The summed E-state index contributed by atoms with van der Waals surface area (Å²) in [4.78, 5) is 0. The summed E-state index contributed by atoms with van der Waals surface area (Å²) in [6.07, 6.45) is 0. The van der Waals surface area contributed by atoms with Crippen LogP contribution in [0.4, 0.5) is 0 Å². The van der Waals surface area contributed by atoms with E-state index in [1.807, 2.05) is 11.8 Å². The third-order valence-corrected chi connectivity index (χ3v) is 3.70. The highest BCUT2D eigenvalue weighted by Crippen LogP contribution is 2.16. The molecule has 0 aliphatic heterocycles. The highest BCUT2D eigenvalue weighted by molar-refractivity contribution is 7.98. The fourth-order valence-electron chi connectivity index (χ4n) is 1.23. The molecule has 14 heavy (non-hydrogen) atoms. The van der Waals surface area contributed by atoms with Crippen molar-refractivity contribution in [1.29, 1.82) is 0 Å². The molecular formula is C12H18S2. The summed E-state index contributed by atoms with van der Waals surface area (Å²) in [5, 5.41) is 0. The average molecular weight is 226 g/mol. The number of rotatable bonds is 5. The standard InChI is InChI=1S/C12H18S2/c1-10(2)8-14-9-12-5-3-4-11(6-12)7-13/h3-6,10,13H,7-9H2,1-2H3. The van der Waals surface area contributed by atoms with Gasteiger partial charge in [0.15, 0.2) is 0 Å². The molecule has 0 spiro atoms. The van der Waals surface area contributed by atoms with Crippen molar-refractivity contribution < 1.29 is 0 Å². The molecule has 0 bridgehead atoms. The van der Waals surface area contributed by atoms with Crippen molar-refractivity contribution in [2.75, 3.05) is 5.75 Å². The fourth-order valence-corrected chi connectivity index (χ4v) is 2.43. The van der Waals surface area contributed by atoms with Gasteiger partial charge in [-0.25, -0.2) is 0 Å². The van der Waals surface area contributed by atoms with Crippen LogP contribution in [0.5, 0.6) is 0 Å². The van der Waals surface area contributed by atoms with Gasteiger partial charge in [-0.05, 0) is 22.8 Å². The molecule has 0 nitrogen and oxygen atoms in total. The second-order valence-corrected chi connectivity index (χ2v) is 5.23. The van der Waals surface area contributed by atoms with Crippen LogP contribution in [-0.2, 0) is 11.5 Å². The molecular weight excluding hydrogens is 208 g/mol. The van der Waals surface area contributed by atoms with E-state index in [2.05, 4.69) is 50.7 Å². The molecule has 78 valence electrons. The summed E-state index contributed by atoms with van der Waals surface area (Å²) in [6.45, 7) is 4.52. The lowest BCUT2D eigenvalue weighted by Crippen LogP contribution is -1.92. The van der Waals surface area contributed by atoms with Gasteiger partial charge < -0.3 is 0 Å². The van der Waals surface area contributed by atoms with Crippen LogP contribution in [0.1, 0.15) is 25.0 Å². The van der Waals surface area contributed by atoms with Crippen LogP contribution >= 0.6 is 24.4 Å². The first kappa shape index (κ1) is 12.0. The molecule has 0 amide bonds. The molecule has 0 fully saturated rings. The summed E-state index contributed by atoms with van der Waals surface area (Å²) in [7, 11) is 0. The Morgan fingerprint density at radius 1 is 1.29 bits per heavy atom. The zero-order valence-corrected chi connectivity index (χ0v) is 10.6. The van der Waals surface area contributed by atoms with E-state index in [4.69, 9.17) is 0 Å². The van der Waals surface area contributed by atoms with E-state index >= 15 is 0 Å². The van der Waals surface area contributed by atoms with Gasteiger partial charge in [0.2, 0.25) is 0 Å². The Balaban J connectivity index is 2.42. The van der Waals surface area contributed by atoms with Gasteiger partial charge in [0.05, 0.1) is 0 Å². The molecule has 0 aromatic heterocycles. The van der Waals surface area contributed by atoms with Crippen molar-refractivity contribution in [2.45, 2.75) is 25.4 Å². The Bertz CT molecular complexity index is 269. The quantitative estimate of drug-likeness (QED) is 0.740. The molecule has 2 heteroatoms. The maximum atomic E-state index is 4.27. The Morgan fingerprint density at radius 3 is 2.64 bits per heavy atom. The first-order chi connectivity index (χ1) is 6.72. The van der Waals surface area contributed by atoms with E-state index in [9.17, 15) is 0 Å². The molecule has 0 aliphatic carbocycles. The van der Waals surface area contributed by atoms with Gasteiger partial charge >= 0.3 is 0 Å². The van der Waals surface area contributed by atoms with E-state index in [1.165, 1.54) is 16.9 Å². The predicted molar refractivity (Wildman–Crippen MR) is 70.1 cm³/mol. The van der Waals surface area contributed by atoms with Crippen LogP contribution < -0.4 is 0 Å². The number of benzene rings is 1. The molecule has 1 aromatic carbocycles. The van der Waals surface area contributed by atoms with E-state index in [0.29, 0.717) is 0 Å². The minimum atomic E-state index is 0.785. The monoisotopic (exact) mass is 226 g/mol. The molecule has 0 unspecified atom stereocenters. The zero-order valence-electron chi connectivity index (χ0n) is 8.86. The summed E-state index contributed by atoms with van der Waals surface area (Å²) in [5.41, 5.74) is 2.73. The van der Waals surface area contributed by atoms with Crippen LogP contribution in [0.2, 0.25) is 0 Å². The van der Waals surface area contributed by atoms with Gasteiger partial charge in [-0.1, -0.05) is 38.1 Å². The van der Waals surface area contributed by atoms with Crippen molar-refractivity contribution in [3.05, 3.63) is 35.4 Å². The normalized spacial score (nSPS) is 10.9. The maximum Gasteiger partial charge on any atom is 0.0184 e. The lowest BCUT2D eigenvalue weighted by atomic mass is 10.2. The summed E-state index contributed by atoms with van der Waals surface area (Å²) >= 11 is 6.28. The molecule has 0 N–H and O–H groups in total. The summed E-state index contributed by atoms with van der Waals surface area (Å²) in [6, 6.07) is 8.70. The molecule has 0 atom stereocenters. The van der Waals surface area contributed by atoms with Crippen LogP contribution in [-0.4, -0.2) is 5.75 Å². The van der Waals surface area contributed by atoms with E-state index < -0.39 is 0 Å². The van der Waals surface area contributed by atoms with Gasteiger partial charge in [0.1, 0.15) is 0 Å². The molecule has 0 heterocycles. The SMILES string of the molecule is CC(C)CSCc1cccc(CS)c1. The zero-order chi connectivity index (χ0) is 10.4. The second-order valence-electron chi connectivity index (χ2n) is 3.89. The predicted octanol–water partition coefficient (Wildman–Crippen LogP) is 4.01. The second kappa shape index (κ2) is 6.41. The Labute approximate surface area is 96.9 Å². The van der Waals surface area contributed by atoms with Crippen LogP contribution in [0, 0.1) is 5.92 Å². The highest BCUT2D eigenvalue weighted by Gasteiger charge is 1.97. The van der Waals surface area contributed by atoms with E-state index in [0.717, 1.165) is 17.4 Å². The Hall–Kier alpha value is -0.0800. The lowest BCUT2D eigenvalue weighted by molar-refractivity contribution is 0.750. The van der Waals surface area contributed by atoms with Crippen LogP contribution in [0.15, 0.2) is 24.3 Å². The topological polar surface area (TPSA) is 0 Å². The molecule has 0 saturated heterocycles. The summed E-state index contributed by atoms with van der Waals surface area (Å²) < 4.78 is 0. The average Bonchev–Trinajstić information content (AvgIpc) is 2.18. The minimum absolute atomic E-state index is 0.785. The number of thiol groups is 1. The fraction of sp³-hybridized carbons (Fsp3) is 0.500. The Morgan fingerprint density at radius 2 is 2.00 bits per heavy atom. The van der Waals surface area contributed by atoms with Gasteiger partial charge in [0.25, 0.3) is 0 Å². The summed E-state index contributed by atoms with van der Waals surface area (Å²) in [5.74, 6) is 3.99. The molecule has 1 aromatic rings. The number of thioether (sulfide) groups is 1. The molecule has 0 saturated carbocycles. The molecule has 1 rings (SSSR count). The van der Waals surface area contributed by atoms with Crippen molar-refractivity contribution in [3.8, 4) is 0 Å². The van der Waals surface area contributed by atoms with Crippen LogP contribution in [0.25, 0.3) is 0 Å². The number of hydrogen-bond donors (Lipinski definition) is 1. The molecule has 0 radical (unpaired) electrons. The Kier molecular flexibility index (Phi) is 5.49. The lowest BCUT2D eigenvalue weighted by Gasteiger charge is -2.05. The van der Waals surface area contributed by atoms with Crippen molar-refractivity contribution in [3.63, 3.8) is 0 Å². The highest BCUT2D eigenvalue weighted by atomic mass is 32.2. The largest absolute Gasteiger partial charge is 0.175 e. The van der Waals surface area contributed by atoms with Gasteiger partial charge in [-0.2, -0.15) is 24.4 Å². The molecule has 0 aliphatic rings. The van der Waals surface area contributed by atoms with Crippen molar-refractivity contribution in [1.82, 2.24) is 0 Å². The van der Waals surface area contributed by atoms with Gasteiger partial charge in [-0.15, -0.1) is 0 Å². The van der Waals surface area contributed by atoms with Crippen molar-refractivity contribution in [2.24, 2.45) is 5.92 Å². The first-order valence-corrected chi connectivity index (χ1v) is 6.77. The third kappa shape index (κ3) is 4.43. The van der Waals surface area contributed by atoms with Crippen molar-refractivity contribution >= 4 is 24.4 Å². The maximum absolute atomic E-state index is 4.27. The minimum Gasteiger partial charge on any atom is -0.175 e. The van der Waals surface area contributed by atoms with Crippen LogP contribution in [0.3, 0.4) is 0 Å². The van der Waals surface area contributed by atoms with E-state index in [-0.39, 0.29) is 0 Å². The van der Waals surface area contributed by atoms with Gasteiger partial charge in [0, 0.05) is 11.5 Å². The first-order valence-electron chi connectivity index (χ1n) is 4.99. The number of hydrogen-bond acceptors (Lipinski definition) is 2. The smallest absolute Gasteiger partial charge is 0.0184 e.